The zero-order valence-corrected chi connectivity index (χ0v) is 15.6. The van der Waals surface area contributed by atoms with E-state index < -0.39 is 8.32 Å². The van der Waals surface area contributed by atoms with Gasteiger partial charge in [-0.25, -0.2) is 0 Å². The number of nitrogens with one attached hydrogen (secondary N) is 2. The van der Waals surface area contributed by atoms with Crippen LogP contribution in [0.25, 0.3) is 10.9 Å². The van der Waals surface area contributed by atoms with Crippen LogP contribution in [0.1, 0.15) is 26.3 Å². The Morgan fingerprint density at radius 2 is 2.09 bits per heavy atom. The van der Waals surface area contributed by atoms with Gasteiger partial charge in [-0.2, -0.15) is 5.10 Å². The van der Waals surface area contributed by atoms with Gasteiger partial charge in [0.25, 0.3) is 0 Å². The number of aromatic amines is 1. The summed E-state index contributed by atoms with van der Waals surface area (Å²) in [4.78, 5) is 0. The summed E-state index contributed by atoms with van der Waals surface area (Å²) in [5.41, 5.74) is 7.58. The van der Waals surface area contributed by atoms with Crippen molar-refractivity contribution in [3.05, 3.63) is 23.8 Å². The first-order valence-corrected chi connectivity index (χ1v) is 10.6. The second kappa shape index (κ2) is 5.98. The first-order chi connectivity index (χ1) is 10.1. The van der Waals surface area contributed by atoms with Crippen molar-refractivity contribution in [3.8, 4) is 0 Å². The Morgan fingerprint density at radius 1 is 1.41 bits per heavy atom. The zero-order valence-electron chi connectivity index (χ0n) is 13.8. The van der Waals surface area contributed by atoms with Crippen LogP contribution in [0.5, 0.6) is 0 Å². The number of benzene rings is 1. The van der Waals surface area contributed by atoms with Crippen molar-refractivity contribution >= 4 is 42.4 Å². The highest BCUT2D eigenvalue weighted by Gasteiger charge is 2.37. The summed E-state index contributed by atoms with van der Waals surface area (Å²) in [6.45, 7) is 11.8. The molecule has 0 atom stereocenters. The van der Waals surface area contributed by atoms with Gasteiger partial charge in [-0.05, 0) is 48.0 Å². The van der Waals surface area contributed by atoms with E-state index in [0.717, 1.165) is 16.5 Å². The summed E-state index contributed by atoms with van der Waals surface area (Å²) in [5, 5.41) is 11.4. The molecule has 0 saturated carbocycles. The molecule has 5 nitrogen and oxygen atoms in total. The van der Waals surface area contributed by atoms with Crippen molar-refractivity contribution in [1.82, 2.24) is 10.2 Å². The van der Waals surface area contributed by atoms with Gasteiger partial charge in [0.05, 0.1) is 12.1 Å². The fraction of sp³-hybridized carbons (Fsp3) is 0.467. The lowest BCUT2D eigenvalue weighted by atomic mass is 10.1. The number of hydrogen-bond donors (Lipinski definition) is 3. The molecule has 7 heteroatoms. The van der Waals surface area contributed by atoms with Crippen LogP contribution in [-0.2, 0) is 11.0 Å². The Morgan fingerprint density at radius 3 is 2.68 bits per heavy atom. The van der Waals surface area contributed by atoms with Gasteiger partial charge >= 0.3 is 0 Å². The second-order valence-corrected chi connectivity index (χ2v) is 12.2. The zero-order chi connectivity index (χ0) is 16.5. The quantitative estimate of drug-likeness (QED) is 0.586. The summed E-state index contributed by atoms with van der Waals surface area (Å²) in [7, 11) is -1.76. The Balaban J connectivity index is 2.20. The number of nitrogens with zero attached hydrogens (tertiary/aromatic N) is 1. The first kappa shape index (κ1) is 16.9. The summed E-state index contributed by atoms with van der Waals surface area (Å²) in [6, 6.07) is 6.11. The lowest BCUT2D eigenvalue weighted by Gasteiger charge is -2.36. The lowest BCUT2D eigenvalue weighted by molar-refractivity contribution is 0.276. The van der Waals surface area contributed by atoms with Crippen molar-refractivity contribution < 1.29 is 4.43 Å². The van der Waals surface area contributed by atoms with E-state index in [1.165, 1.54) is 0 Å². The van der Waals surface area contributed by atoms with Gasteiger partial charge in [-0.15, -0.1) is 0 Å². The topological polar surface area (TPSA) is 76.0 Å². The summed E-state index contributed by atoms with van der Waals surface area (Å²) >= 11 is 4.87. The molecular formula is C15H24N4OSSi. The van der Waals surface area contributed by atoms with Crippen LogP contribution in [0, 0.1) is 0 Å². The maximum absolute atomic E-state index is 6.26. The van der Waals surface area contributed by atoms with E-state index in [9.17, 15) is 0 Å². The van der Waals surface area contributed by atoms with Gasteiger partial charge in [0, 0.05) is 5.39 Å². The van der Waals surface area contributed by atoms with Crippen molar-refractivity contribution in [2.75, 3.05) is 5.32 Å². The molecule has 0 spiro atoms. The maximum Gasteiger partial charge on any atom is 0.192 e. The molecule has 0 fully saturated rings. The van der Waals surface area contributed by atoms with Gasteiger partial charge in [0.1, 0.15) is 0 Å². The predicted molar refractivity (Wildman–Crippen MR) is 98.5 cm³/mol. The van der Waals surface area contributed by atoms with Crippen molar-refractivity contribution in [2.24, 2.45) is 5.73 Å². The minimum Gasteiger partial charge on any atom is -0.413 e. The van der Waals surface area contributed by atoms with Gasteiger partial charge in [-0.3, -0.25) is 5.10 Å². The van der Waals surface area contributed by atoms with Crippen LogP contribution in [0.2, 0.25) is 18.1 Å². The average molecular weight is 337 g/mol. The van der Waals surface area contributed by atoms with E-state index in [0.29, 0.717) is 12.4 Å². The molecule has 0 radical (unpaired) electrons. The predicted octanol–water partition coefficient (Wildman–Crippen LogP) is 3.74. The van der Waals surface area contributed by atoms with Gasteiger partial charge in [0.2, 0.25) is 0 Å². The van der Waals surface area contributed by atoms with Crippen LogP contribution >= 0.6 is 12.2 Å². The van der Waals surface area contributed by atoms with E-state index >= 15 is 0 Å². The van der Waals surface area contributed by atoms with Crippen LogP contribution in [0.3, 0.4) is 0 Å². The number of hydrogen-bond acceptors (Lipinski definition) is 3. The van der Waals surface area contributed by atoms with Crippen LogP contribution in [0.4, 0.5) is 5.82 Å². The highest BCUT2D eigenvalue weighted by molar-refractivity contribution is 7.80. The molecule has 2 rings (SSSR count). The van der Waals surface area contributed by atoms with Crippen molar-refractivity contribution in [3.63, 3.8) is 0 Å². The van der Waals surface area contributed by atoms with Crippen molar-refractivity contribution in [2.45, 2.75) is 45.5 Å². The van der Waals surface area contributed by atoms with E-state index in [4.69, 9.17) is 22.4 Å². The summed E-state index contributed by atoms with van der Waals surface area (Å²) in [6.07, 6.45) is 0. The molecule has 0 aliphatic heterocycles. The molecule has 22 heavy (non-hydrogen) atoms. The molecule has 0 saturated heterocycles. The molecule has 1 aromatic heterocycles. The van der Waals surface area contributed by atoms with Gasteiger partial charge < -0.3 is 15.5 Å². The van der Waals surface area contributed by atoms with E-state index in [-0.39, 0.29) is 10.2 Å². The molecule has 120 valence electrons. The van der Waals surface area contributed by atoms with E-state index in [2.05, 4.69) is 61.5 Å². The molecule has 0 amide bonds. The SMILES string of the molecule is CC(C)(C)[Si](C)(C)OCc1ccc2[nH]nc(NC(N)=S)c2c1. The second-order valence-electron chi connectivity index (χ2n) is 6.99. The monoisotopic (exact) mass is 336 g/mol. The molecule has 4 N–H and O–H groups in total. The largest absolute Gasteiger partial charge is 0.413 e. The molecular weight excluding hydrogens is 312 g/mol. The Labute approximate surface area is 137 Å². The number of H-pyrrole nitrogens is 1. The number of anilines is 1. The number of fused-ring (bicyclic) bond motifs is 1. The van der Waals surface area contributed by atoms with Crippen molar-refractivity contribution in [1.29, 1.82) is 0 Å². The molecule has 1 heterocycles. The van der Waals surface area contributed by atoms with Crippen LogP contribution < -0.4 is 11.1 Å². The number of nitrogens with two attached hydrogens (primary N) is 1. The minimum absolute atomic E-state index is 0.200. The molecule has 0 aliphatic carbocycles. The average Bonchev–Trinajstić information content (AvgIpc) is 2.77. The standard InChI is InChI=1S/C15H24N4OSSi/c1-15(2,3)22(4,5)20-9-10-6-7-12-11(8-10)13(19-18-12)17-14(16)21/h6-8H,9H2,1-5H3,(H4,16,17,18,19,21). The Bertz CT molecular complexity index is 690. The minimum atomic E-state index is -1.76. The smallest absolute Gasteiger partial charge is 0.192 e. The number of rotatable bonds is 4. The number of thiocarbonyl (C=S) groups is 1. The normalized spacial score (nSPS) is 12.6. The summed E-state index contributed by atoms with van der Waals surface area (Å²) in [5.74, 6) is 0.650. The molecule has 2 aromatic rings. The third-order valence-electron chi connectivity index (χ3n) is 4.27. The molecule has 0 aliphatic rings. The lowest BCUT2D eigenvalue weighted by Crippen LogP contribution is -2.40. The van der Waals surface area contributed by atoms with E-state index in [1.807, 2.05) is 6.07 Å². The molecule has 0 bridgehead atoms. The fourth-order valence-electron chi connectivity index (χ4n) is 1.84. The van der Waals surface area contributed by atoms with E-state index in [1.54, 1.807) is 0 Å². The van der Waals surface area contributed by atoms with Gasteiger partial charge in [-0.1, -0.05) is 26.8 Å². The maximum atomic E-state index is 6.26. The first-order valence-electron chi connectivity index (χ1n) is 7.27. The fourth-order valence-corrected chi connectivity index (χ4v) is 2.90. The Kier molecular flexibility index (Phi) is 4.60. The molecule has 0 unspecified atom stereocenters. The van der Waals surface area contributed by atoms with Crippen LogP contribution in [-0.4, -0.2) is 23.6 Å². The highest BCUT2D eigenvalue weighted by atomic mass is 32.1. The number of aromatic nitrogens is 2. The third-order valence-corrected chi connectivity index (χ3v) is 8.86. The highest BCUT2D eigenvalue weighted by Crippen LogP contribution is 2.37. The van der Waals surface area contributed by atoms with Crippen LogP contribution in [0.15, 0.2) is 18.2 Å². The molecule has 1 aromatic carbocycles. The summed E-state index contributed by atoms with van der Waals surface area (Å²) < 4.78 is 6.26. The Hall–Kier alpha value is -1.44. The third kappa shape index (κ3) is 3.66. The van der Waals surface area contributed by atoms with Gasteiger partial charge in [0.15, 0.2) is 19.2 Å².